The van der Waals surface area contributed by atoms with Crippen molar-refractivity contribution in [3.63, 3.8) is 0 Å². The molecule has 4 aliphatic rings. The molecule has 1 N–H and O–H groups in total. The van der Waals surface area contributed by atoms with Gasteiger partial charge in [0.05, 0.1) is 22.3 Å². The first-order valence-electron chi connectivity index (χ1n) is 11.6. The highest BCUT2D eigenvalue weighted by atomic mass is 16.6. The van der Waals surface area contributed by atoms with Gasteiger partial charge in [-0.05, 0) is 68.4 Å². The van der Waals surface area contributed by atoms with Gasteiger partial charge in [0.15, 0.2) is 5.82 Å². The summed E-state index contributed by atoms with van der Waals surface area (Å²) >= 11 is 0. The summed E-state index contributed by atoms with van der Waals surface area (Å²) < 4.78 is 3.14. The first kappa shape index (κ1) is 20.6. The molecule has 0 aliphatic heterocycles. The lowest BCUT2D eigenvalue weighted by Crippen LogP contribution is -2.52. The van der Waals surface area contributed by atoms with E-state index in [1.54, 1.807) is 16.8 Å². The maximum atomic E-state index is 13.3. The summed E-state index contributed by atoms with van der Waals surface area (Å²) in [5, 5.41) is 32.8. The molecular formula is C24H23N7O3. The summed E-state index contributed by atoms with van der Waals surface area (Å²) in [6.07, 6.45) is 9.35. The Morgan fingerprint density at radius 1 is 1.15 bits per heavy atom. The smallest absolute Gasteiger partial charge is 0.304 e. The topological polar surface area (TPSA) is 132 Å². The summed E-state index contributed by atoms with van der Waals surface area (Å²) in [4.78, 5) is 24.6. The zero-order chi connectivity index (χ0) is 23.4. The number of nitrogens with one attached hydrogen (secondary N) is 1. The van der Waals surface area contributed by atoms with Crippen LogP contribution in [0.2, 0.25) is 0 Å². The van der Waals surface area contributed by atoms with Crippen LogP contribution in [0.3, 0.4) is 0 Å². The van der Waals surface area contributed by atoms with Crippen molar-refractivity contribution in [1.82, 2.24) is 19.6 Å². The van der Waals surface area contributed by atoms with Gasteiger partial charge in [0.25, 0.3) is 5.91 Å². The number of amides is 1. The minimum atomic E-state index is -0.732. The Balaban J connectivity index is 1.36. The van der Waals surface area contributed by atoms with Crippen molar-refractivity contribution in [2.75, 3.05) is 5.32 Å². The lowest BCUT2D eigenvalue weighted by Gasteiger charge is -2.56. The van der Waals surface area contributed by atoms with Crippen LogP contribution in [-0.2, 0) is 5.54 Å². The number of nitrogens with zero attached hydrogens (tertiary/aromatic N) is 6. The molecule has 3 aromatic rings. The summed E-state index contributed by atoms with van der Waals surface area (Å²) in [6, 6.07) is 11.1. The van der Waals surface area contributed by atoms with Gasteiger partial charge in [0.2, 0.25) is 5.69 Å². The van der Waals surface area contributed by atoms with Crippen molar-refractivity contribution >= 4 is 17.4 Å². The molecule has 10 heteroatoms. The number of anilines is 1. The molecule has 0 radical (unpaired) electrons. The average Bonchev–Trinajstić information content (AvgIpc) is 3.44. The Morgan fingerprint density at radius 3 is 2.38 bits per heavy atom. The summed E-state index contributed by atoms with van der Waals surface area (Å²) in [5.41, 5.74) is -0.0157. The van der Waals surface area contributed by atoms with Gasteiger partial charge in [-0.2, -0.15) is 15.5 Å². The second kappa shape index (κ2) is 7.52. The van der Waals surface area contributed by atoms with E-state index in [0.717, 1.165) is 19.3 Å². The SMILES string of the molecule is N#Cc1cnn(-c2ccccc2)c1NC(=O)c1nn(C23CC4CC(CC(C4)C2)C3)cc1[N+](=O)[O-]. The summed E-state index contributed by atoms with van der Waals surface area (Å²) in [6.45, 7) is 0. The van der Waals surface area contributed by atoms with Crippen molar-refractivity contribution in [3.05, 3.63) is 64.1 Å². The number of carbonyl (C=O) groups excluding carboxylic acids is 1. The zero-order valence-corrected chi connectivity index (χ0v) is 18.4. The quantitative estimate of drug-likeness (QED) is 0.454. The fourth-order valence-corrected chi connectivity index (χ4v) is 6.73. The van der Waals surface area contributed by atoms with Gasteiger partial charge in [-0.15, -0.1) is 0 Å². The third-order valence-corrected chi connectivity index (χ3v) is 7.72. The van der Waals surface area contributed by atoms with E-state index in [2.05, 4.69) is 15.5 Å². The van der Waals surface area contributed by atoms with Crippen molar-refractivity contribution in [1.29, 1.82) is 5.26 Å². The molecule has 4 fully saturated rings. The Kier molecular flexibility index (Phi) is 4.55. The van der Waals surface area contributed by atoms with Crippen molar-refractivity contribution in [2.45, 2.75) is 44.1 Å². The normalized spacial score (nSPS) is 26.9. The molecule has 2 heterocycles. The molecule has 0 spiro atoms. The highest BCUT2D eigenvalue weighted by Crippen LogP contribution is 2.58. The first-order chi connectivity index (χ1) is 16.5. The fourth-order valence-electron chi connectivity index (χ4n) is 6.73. The Hall–Kier alpha value is -4.00. The number of nitro groups is 1. The van der Waals surface area contributed by atoms with Gasteiger partial charge in [-0.3, -0.25) is 19.6 Å². The van der Waals surface area contributed by atoms with Gasteiger partial charge in [0.1, 0.15) is 17.8 Å². The van der Waals surface area contributed by atoms with Gasteiger partial charge in [0, 0.05) is 0 Å². The lowest BCUT2D eigenvalue weighted by molar-refractivity contribution is -0.385. The number of benzene rings is 1. The van der Waals surface area contributed by atoms with Crippen LogP contribution in [0, 0.1) is 39.2 Å². The maximum absolute atomic E-state index is 13.3. The molecular weight excluding hydrogens is 434 g/mol. The molecule has 0 atom stereocenters. The van der Waals surface area contributed by atoms with Crippen LogP contribution in [-0.4, -0.2) is 30.4 Å². The molecule has 1 amide bonds. The van der Waals surface area contributed by atoms with Gasteiger partial charge < -0.3 is 5.32 Å². The second-order valence-corrected chi connectivity index (χ2v) is 9.93. The molecule has 4 aliphatic carbocycles. The number of rotatable bonds is 5. The van der Waals surface area contributed by atoms with E-state index in [-0.39, 0.29) is 28.3 Å². The minimum Gasteiger partial charge on any atom is -0.304 e. The van der Waals surface area contributed by atoms with Crippen LogP contribution in [0.25, 0.3) is 5.69 Å². The van der Waals surface area contributed by atoms with Crippen LogP contribution in [0.5, 0.6) is 0 Å². The van der Waals surface area contributed by atoms with Crippen LogP contribution in [0.1, 0.15) is 54.6 Å². The van der Waals surface area contributed by atoms with E-state index in [4.69, 9.17) is 0 Å². The molecule has 4 bridgehead atoms. The number of nitriles is 1. The van der Waals surface area contributed by atoms with E-state index in [0.29, 0.717) is 23.4 Å². The molecule has 2 aromatic heterocycles. The standard InChI is InChI=1S/C24H23N7O3/c25-12-18-13-26-30(19-4-2-1-3-5-19)22(18)27-23(32)21-20(31(33)34)14-29(28-21)24-9-15-6-16(10-24)8-17(7-15)11-24/h1-5,13-17H,6-11H2,(H,27,32). The highest BCUT2D eigenvalue weighted by molar-refractivity contribution is 6.05. The number of hydrogen-bond acceptors (Lipinski definition) is 6. The van der Waals surface area contributed by atoms with E-state index in [1.165, 1.54) is 36.3 Å². The molecule has 34 heavy (non-hydrogen) atoms. The largest absolute Gasteiger partial charge is 0.320 e. The van der Waals surface area contributed by atoms with E-state index in [9.17, 15) is 20.2 Å². The third kappa shape index (κ3) is 3.19. The van der Waals surface area contributed by atoms with Crippen molar-refractivity contribution in [2.24, 2.45) is 17.8 Å². The van der Waals surface area contributed by atoms with Gasteiger partial charge >= 0.3 is 5.69 Å². The van der Waals surface area contributed by atoms with Crippen LogP contribution < -0.4 is 5.32 Å². The Morgan fingerprint density at radius 2 is 1.79 bits per heavy atom. The highest BCUT2D eigenvalue weighted by Gasteiger charge is 2.53. The van der Waals surface area contributed by atoms with Crippen LogP contribution >= 0.6 is 0 Å². The first-order valence-corrected chi connectivity index (χ1v) is 11.6. The Labute approximate surface area is 195 Å². The van der Waals surface area contributed by atoms with E-state index in [1.807, 2.05) is 24.3 Å². The Bertz CT molecular complexity index is 1300. The molecule has 10 nitrogen and oxygen atoms in total. The van der Waals surface area contributed by atoms with Crippen LogP contribution in [0.4, 0.5) is 11.5 Å². The van der Waals surface area contributed by atoms with E-state index < -0.39 is 10.8 Å². The minimum absolute atomic E-state index is 0.150. The number of aromatic nitrogens is 4. The van der Waals surface area contributed by atoms with E-state index >= 15 is 0 Å². The summed E-state index contributed by atoms with van der Waals surface area (Å²) in [7, 11) is 0. The average molecular weight is 457 g/mol. The van der Waals surface area contributed by atoms with Crippen LogP contribution in [0.15, 0.2) is 42.7 Å². The number of hydrogen-bond donors (Lipinski definition) is 1. The summed E-state index contributed by atoms with van der Waals surface area (Å²) in [5.74, 6) is 1.31. The zero-order valence-electron chi connectivity index (χ0n) is 18.4. The van der Waals surface area contributed by atoms with Gasteiger partial charge in [-0.25, -0.2) is 4.68 Å². The lowest BCUT2D eigenvalue weighted by atomic mass is 9.53. The third-order valence-electron chi connectivity index (χ3n) is 7.72. The monoisotopic (exact) mass is 457 g/mol. The fraction of sp³-hybridized carbons (Fsp3) is 0.417. The molecule has 1 aromatic carbocycles. The molecule has 7 rings (SSSR count). The molecule has 172 valence electrons. The second-order valence-electron chi connectivity index (χ2n) is 9.93. The van der Waals surface area contributed by atoms with Crippen molar-refractivity contribution in [3.8, 4) is 11.8 Å². The van der Waals surface area contributed by atoms with Crippen molar-refractivity contribution < 1.29 is 9.72 Å². The maximum Gasteiger partial charge on any atom is 0.320 e. The predicted octanol–water partition coefficient (Wildman–Crippen LogP) is 4.03. The molecule has 4 saturated carbocycles. The molecule has 0 saturated heterocycles. The number of para-hydroxylation sites is 1. The molecule has 0 unspecified atom stereocenters. The number of carbonyl (C=O) groups is 1. The van der Waals surface area contributed by atoms with Gasteiger partial charge in [-0.1, -0.05) is 18.2 Å². The predicted molar refractivity (Wildman–Crippen MR) is 121 cm³/mol.